The first-order chi connectivity index (χ1) is 15.7. The van der Waals surface area contributed by atoms with Gasteiger partial charge in [0.15, 0.2) is 0 Å². The van der Waals surface area contributed by atoms with E-state index in [1.165, 1.54) is 30.5 Å². The zero-order valence-corrected chi connectivity index (χ0v) is 18.7. The van der Waals surface area contributed by atoms with Crippen LogP contribution in [0.2, 0.25) is 0 Å². The molecule has 0 radical (unpaired) electrons. The molecule has 0 amide bonds. The van der Waals surface area contributed by atoms with Crippen LogP contribution in [0, 0.1) is 23.2 Å². The molecule has 2 bridgehead atoms. The third-order valence-electron chi connectivity index (χ3n) is 7.04. The highest BCUT2D eigenvalue weighted by Crippen LogP contribution is 2.47. The minimum atomic E-state index is 0.106. The molecule has 2 fully saturated rings. The minimum Gasteiger partial charge on any atom is -0.489 e. The Morgan fingerprint density at radius 3 is 2.75 bits per heavy atom. The maximum absolute atomic E-state index is 9.81. The predicted molar refractivity (Wildman–Crippen MR) is 127 cm³/mol. The van der Waals surface area contributed by atoms with Crippen molar-refractivity contribution in [2.75, 3.05) is 13.2 Å². The van der Waals surface area contributed by atoms with Crippen molar-refractivity contribution in [3.8, 4) is 11.8 Å². The van der Waals surface area contributed by atoms with Gasteiger partial charge in [-0.15, -0.1) is 0 Å². The van der Waals surface area contributed by atoms with Gasteiger partial charge in [-0.1, -0.05) is 30.9 Å². The number of fused-ring (bicyclic) bond motifs is 2. The first-order valence-corrected chi connectivity index (χ1v) is 11.7. The third kappa shape index (κ3) is 3.94. The molecule has 1 aromatic carbocycles. The number of aromatic nitrogens is 1. The van der Waals surface area contributed by atoms with E-state index in [0.29, 0.717) is 30.4 Å². The number of nitrogens with one attached hydrogen (secondary N) is 1. The molecule has 2 aromatic rings. The first kappa shape index (κ1) is 20.8. The number of hydrogen-bond donors (Lipinski definition) is 1. The van der Waals surface area contributed by atoms with Crippen LogP contribution in [-0.2, 0) is 4.74 Å². The molecular weight excluding hydrogens is 396 g/mol. The van der Waals surface area contributed by atoms with Crippen LogP contribution >= 0.6 is 0 Å². The fourth-order valence-corrected chi connectivity index (χ4v) is 5.41. The average Bonchev–Trinajstić information content (AvgIpc) is 3.54. The second kappa shape index (κ2) is 8.84. The van der Waals surface area contributed by atoms with Crippen molar-refractivity contribution in [1.82, 2.24) is 4.98 Å². The molecule has 1 aromatic heterocycles. The number of benzene rings is 1. The number of allylic oxidation sites excluding steroid dienone is 4. The lowest BCUT2D eigenvalue weighted by molar-refractivity contribution is 0.0254. The Hall–Kier alpha value is -3.03. The molecule has 1 saturated carbocycles. The number of aromatic amines is 1. The van der Waals surface area contributed by atoms with E-state index in [-0.39, 0.29) is 6.10 Å². The summed E-state index contributed by atoms with van der Waals surface area (Å²) in [7, 11) is 0. The normalized spacial score (nSPS) is 23.9. The molecule has 5 rings (SSSR count). The lowest BCUT2D eigenvalue weighted by Gasteiger charge is -2.24. The van der Waals surface area contributed by atoms with Gasteiger partial charge in [0.25, 0.3) is 0 Å². The third-order valence-corrected chi connectivity index (χ3v) is 7.04. The number of hydrogen-bond acceptors (Lipinski definition) is 3. The van der Waals surface area contributed by atoms with Crippen molar-refractivity contribution in [1.29, 1.82) is 5.26 Å². The Balaban J connectivity index is 1.53. The molecule has 3 aliphatic rings. The van der Waals surface area contributed by atoms with Crippen LogP contribution < -0.4 is 15.3 Å². The Bertz CT molecular complexity index is 1220. The lowest BCUT2D eigenvalue weighted by atomic mass is 9.95. The smallest absolute Gasteiger partial charge is 0.137 e. The van der Waals surface area contributed by atoms with Crippen LogP contribution in [-0.4, -0.2) is 24.3 Å². The summed E-state index contributed by atoms with van der Waals surface area (Å²) in [5.74, 6) is 2.08. The quantitative estimate of drug-likeness (QED) is 0.769. The number of nitrogens with zero attached hydrogens (tertiary/aromatic N) is 1. The van der Waals surface area contributed by atoms with Gasteiger partial charge in [0, 0.05) is 29.1 Å². The summed E-state index contributed by atoms with van der Waals surface area (Å²) in [5, 5.41) is 11.8. The summed E-state index contributed by atoms with van der Waals surface area (Å²) in [4.78, 5) is 3.54. The highest BCUT2D eigenvalue weighted by molar-refractivity contribution is 5.77. The lowest BCUT2D eigenvalue weighted by Crippen LogP contribution is -2.26. The van der Waals surface area contributed by atoms with E-state index in [1.807, 2.05) is 31.2 Å². The maximum Gasteiger partial charge on any atom is 0.137 e. The van der Waals surface area contributed by atoms with Gasteiger partial charge in [-0.25, -0.2) is 0 Å². The summed E-state index contributed by atoms with van der Waals surface area (Å²) < 4.78 is 11.6. The van der Waals surface area contributed by atoms with Gasteiger partial charge in [-0.05, 0) is 72.9 Å². The van der Waals surface area contributed by atoms with Gasteiger partial charge >= 0.3 is 0 Å². The van der Waals surface area contributed by atoms with Gasteiger partial charge < -0.3 is 14.5 Å². The van der Waals surface area contributed by atoms with Gasteiger partial charge in [0.1, 0.15) is 17.9 Å². The fourth-order valence-electron chi connectivity index (χ4n) is 5.41. The minimum absolute atomic E-state index is 0.106. The van der Waals surface area contributed by atoms with Crippen LogP contribution in [0.15, 0.2) is 42.5 Å². The zero-order chi connectivity index (χ0) is 22.1. The summed E-state index contributed by atoms with van der Waals surface area (Å²) >= 11 is 0. The van der Waals surface area contributed by atoms with Crippen molar-refractivity contribution in [2.24, 2.45) is 11.8 Å². The molecule has 0 spiro atoms. The molecule has 1 saturated heterocycles. The second-order valence-corrected chi connectivity index (χ2v) is 9.13. The Kier molecular flexibility index (Phi) is 5.76. The molecule has 4 heteroatoms. The molecule has 32 heavy (non-hydrogen) atoms. The highest BCUT2D eigenvalue weighted by Gasteiger charge is 2.33. The van der Waals surface area contributed by atoms with Crippen molar-refractivity contribution in [2.45, 2.75) is 45.1 Å². The van der Waals surface area contributed by atoms with E-state index < -0.39 is 0 Å². The van der Waals surface area contributed by atoms with E-state index >= 15 is 0 Å². The Morgan fingerprint density at radius 2 is 2.06 bits per heavy atom. The molecular formula is C28H30N2O2. The predicted octanol–water partition coefficient (Wildman–Crippen LogP) is 4.44. The van der Waals surface area contributed by atoms with E-state index in [0.717, 1.165) is 40.5 Å². The summed E-state index contributed by atoms with van der Waals surface area (Å²) in [5.41, 5.74) is 5.27. The number of rotatable bonds is 5. The van der Waals surface area contributed by atoms with Crippen LogP contribution in [0.25, 0.3) is 17.7 Å². The molecule has 1 aliphatic heterocycles. The molecule has 1 N–H and O–H groups in total. The molecule has 2 aliphatic carbocycles. The first-order valence-electron chi connectivity index (χ1n) is 11.7. The van der Waals surface area contributed by atoms with E-state index in [1.54, 1.807) is 0 Å². The molecule has 2 atom stereocenters. The van der Waals surface area contributed by atoms with Crippen molar-refractivity contribution in [3.63, 3.8) is 0 Å². The van der Waals surface area contributed by atoms with E-state index in [4.69, 9.17) is 9.47 Å². The van der Waals surface area contributed by atoms with E-state index in [9.17, 15) is 5.26 Å². The SMILES string of the molecule is C=c1[nH]c(C2=CC3CCC2C3)c/c1=C(/C=C\C)c1ccc(OC2CCOCC2)c(C#N)c1. The molecule has 2 unspecified atom stereocenters. The van der Waals surface area contributed by atoms with Crippen molar-refractivity contribution >= 4 is 17.7 Å². The molecule has 4 nitrogen and oxygen atoms in total. The highest BCUT2D eigenvalue weighted by atomic mass is 16.5. The largest absolute Gasteiger partial charge is 0.489 e. The summed E-state index contributed by atoms with van der Waals surface area (Å²) in [6.45, 7) is 7.74. The fraction of sp³-hybridized carbons (Fsp3) is 0.393. The maximum atomic E-state index is 9.81. The van der Waals surface area contributed by atoms with Gasteiger partial charge in [-0.2, -0.15) is 5.26 Å². The van der Waals surface area contributed by atoms with Crippen molar-refractivity contribution < 1.29 is 9.47 Å². The van der Waals surface area contributed by atoms with Crippen LogP contribution in [0.5, 0.6) is 5.75 Å². The molecule has 164 valence electrons. The van der Waals surface area contributed by atoms with Crippen LogP contribution in [0.4, 0.5) is 0 Å². The number of H-pyrrole nitrogens is 1. The molecule has 2 heterocycles. The Labute approximate surface area is 189 Å². The Morgan fingerprint density at radius 1 is 1.22 bits per heavy atom. The van der Waals surface area contributed by atoms with Crippen molar-refractivity contribution in [3.05, 3.63) is 69.9 Å². The summed E-state index contributed by atoms with van der Waals surface area (Å²) in [6.07, 6.45) is 12.3. The van der Waals surface area contributed by atoms with Crippen LogP contribution in [0.3, 0.4) is 0 Å². The topological polar surface area (TPSA) is 58.0 Å². The van der Waals surface area contributed by atoms with E-state index in [2.05, 4.69) is 35.9 Å². The standard InChI is InChI=1S/C28H30N2O2/c1-3-4-24(25-16-27(30-18(25)2)26-14-19-5-6-20(26)13-19)21-7-8-28(22(15-21)17-29)32-23-9-11-31-12-10-23/h3-4,7-8,14-16,19-20,23,30H,2,5-6,9-13H2,1H3/b4-3-,25-24+. The monoisotopic (exact) mass is 426 g/mol. The van der Waals surface area contributed by atoms with Gasteiger partial charge in [0.05, 0.1) is 18.8 Å². The zero-order valence-electron chi connectivity index (χ0n) is 18.7. The second-order valence-electron chi connectivity index (χ2n) is 9.13. The average molecular weight is 427 g/mol. The number of nitriles is 1. The van der Waals surface area contributed by atoms with Crippen LogP contribution in [0.1, 0.15) is 55.8 Å². The summed E-state index contributed by atoms with van der Waals surface area (Å²) in [6, 6.07) is 10.5. The number of ether oxygens (including phenoxy) is 2. The van der Waals surface area contributed by atoms with Gasteiger partial charge in [0.2, 0.25) is 0 Å². The van der Waals surface area contributed by atoms with Gasteiger partial charge in [-0.3, -0.25) is 0 Å².